The number of hydrogen-bond donors (Lipinski definition) is 0. The van der Waals surface area contributed by atoms with Gasteiger partial charge in [0, 0.05) is 16.1 Å². The van der Waals surface area contributed by atoms with Crippen molar-refractivity contribution in [1.82, 2.24) is 0 Å². The second-order valence-corrected chi connectivity index (χ2v) is 6.93. The summed E-state index contributed by atoms with van der Waals surface area (Å²) < 4.78 is 0.888. The number of amides is 1. The molecule has 3 rings (SSSR count). The molecular weight excluding hydrogens is 392 g/mol. The molecule has 0 unspecified atom stereocenters. The summed E-state index contributed by atoms with van der Waals surface area (Å²) in [4.78, 5) is 13.1. The van der Waals surface area contributed by atoms with Crippen LogP contribution < -0.4 is 5.01 Å². The summed E-state index contributed by atoms with van der Waals surface area (Å²) in [6, 6.07) is 20.6. The van der Waals surface area contributed by atoms with Crippen molar-refractivity contribution in [3.63, 3.8) is 0 Å². The zero-order valence-electron chi connectivity index (χ0n) is 14.0. The fourth-order valence-electron chi connectivity index (χ4n) is 3.20. The van der Waals surface area contributed by atoms with Crippen LogP contribution in [0.2, 0.25) is 0 Å². The number of carbonyl (C=O) groups is 1. The highest BCUT2D eigenvalue weighted by Crippen LogP contribution is 2.38. The van der Waals surface area contributed by atoms with Crippen molar-refractivity contribution in [2.45, 2.75) is 12.8 Å². The van der Waals surface area contributed by atoms with E-state index < -0.39 is 17.8 Å². The zero-order valence-corrected chi connectivity index (χ0v) is 15.6. The number of para-hydroxylation sites is 1. The topological polar surface area (TPSA) is 80.2 Å². The van der Waals surface area contributed by atoms with Crippen molar-refractivity contribution in [3.05, 3.63) is 64.6 Å². The Balaban J connectivity index is 2.04. The van der Waals surface area contributed by atoms with Crippen LogP contribution in [0, 0.1) is 34.5 Å². The molecule has 26 heavy (non-hydrogen) atoms. The predicted octanol–water partition coefficient (Wildman–Crippen LogP) is 4.23. The van der Waals surface area contributed by atoms with Gasteiger partial charge in [-0.2, -0.15) is 15.6 Å². The number of benzene rings is 2. The van der Waals surface area contributed by atoms with E-state index in [1.54, 1.807) is 19.1 Å². The monoisotopic (exact) mass is 406 g/mol. The van der Waals surface area contributed by atoms with Gasteiger partial charge in [0.2, 0.25) is 0 Å². The molecule has 0 fully saturated rings. The van der Waals surface area contributed by atoms with E-state index in [0.29, 0.717) is 11.4 Å². The number of nitriles is 2. The van der Waals surface area contributed by atoms with Crippen molar-refractivity contribution >= 4 is 33.2 Å². The van der Waals surface area contributed by atoms with Gasteiger partial charge in [0.1, 0.15) is 5.92 Å². The molecule has 1 aliphatic heterocycles. The molecule has 0 saturated carbocycles. The second-order valence-electron chi connectivity index (χ2n) is 6.02. The van der Waals surface area contributed by atoms with E-state index >= 15 is 0 Å². The number of anilines is 1. The van der Waals surface area contributed by atoms with Crippen LogP contribution in [-0.4, -0.2) is 11.6 Å². The van der Waals surface area contributed by atoms with Crippen LogP contribution in [0.3, 0.4) is 0 Å². The molecule has 0 saturated heterocycles. The standard InChI is InChI=1S/C20H15BrN4O/c1-13-18(20(26)25(24-13)17-5-3-2-4-6-17)19(15(11-22)12-23)14-7-9-16(21)10-8-14/h2-10,15,18-19H,1H3/t18-,19+/m0/s1. The largest absolute Gasteiger partial charge is 0.272 e. The molecule has 0 aromatic heterocycles. The third-order valence-electron chi connectivity index (χ3n) is 4.43. The summed E-state index contributed by atoms with van der Waals surface area (Å²) in [5.41, 5.74) is 2.03. The third-order valence-corrected chi connectivity index (χ3v) is 4.96. The molecule has 2 aromatic carbocycles. The summed E-state index contributed by atoms with van der Waals surface area (Å²) in [5, 5.41) is 24.7. The lowest BCUT2D eigenvalue weighted by atomic mass is 9.76. The number of hydrogen-bond acceptors (Lipinski definition) is 4. The first kappa shape index (κ1) is 17.8. The number of carbonyl (C=O) groups excluding carboxylic acids is 1. The lowest BCUT2D eigenvalue weighted by Crippen LogP contribution is -2.34. The molecule has 0 bridgehead atoms. The van der Waals surface area contributed by atoms with Gasteiger partial charge in [-0.3, -0.25) is 4.79 Å². The highest BCUT2D eigenvalue weighted by Gasteiger charge is 2.44. The number of nitrogens with zero attached hydrogens (tertiary/aromatic N) is 4. The maximum atomic E-state index is 13.1. The molecule has 0 spiro atoms. The Labute approximate surface area is 160 Å². The van der Waals surface area contributed by atoms with Crippen molar-refractivity contribution < 1.29 is 4.79 Å². The van der Waals surface area contributed by atoms with Gasteiger partial charge >= 0.3 is 0 Å². The van der Waals surface area contributed by atoms with Gasteiger partial charge in [-0.25, -0.2) is 5.01 Å². The van der Waals surface area contributed by atoms with Crippen LogP contribution in [0.4, 0.5) is 5.69 Å². The van der Waals surface area contributed by atoms with Crippen LogP contribution >= 0.6 is 15.9 Å². The average Bonchev–Trinajstić information content (AvgIpc) is 2.96. The van der Waals surface area contributed by atoms with E-state index in [1.807, 2.05) is 54.6 Å². The lowest BCUT2D eigenvalue weighted by molar-refractivity contribution is -0.120. The maximum absolute atomic E-state index is 13.1. The minimum atomic E-state index is -0.953. The summed E-state index contributed by atoms with van der Waals surface area (Å²) >= 11 is 3.38. The Morgan fingerprint density at radius 1 is 1.08 bits per heavy atom. The van der Waals surface area contributed by atoms with Crippen LogP contribution in [0.15, 0.2) is 64.2 Å². The highest BCUT2D eigenvalue weighted by atomic mass is 79.9. The molecule has 5 nitrogen and oxygen atoms in total. The zero-order chi connectivity index (χ0) is 18.7. The van der Waals surface area contributed by atoms with Gasteiger partial charge < -0.3 is 0 Å². The van der Waals surface area contributed by atoms with Gasteiger partial charge in [-0.05, 0) is 36.8 Å². The second kappa shape index (κ2) is 7.51. The SMILES string of the molecule is CC1=NN(c2ccccc2)C(=O)[C@@H]1[C@H](c1ccc(Br)cc1)C(C#N)C#N. The maximum Gasteiger partial charge on any atom is 0.256 e. The van der Waals surface area contributed by atoms with E-state index in [2.05, 4.69) is 21.0 Å². The van der Waals surface area contributed by atoms with Crippen LogP contribution in [0.5, 0.6) is 0 Å². The molecule has 0 radical (unpaired) electrons. The van der Waals surface area contributed by atoms with Crippen molar-refractivity contribution in [2.75, 3.05) is 5.01 Å². The number of rotatable bonds is 4. The predicted molar refractivity (Wildman–Crippen MR) is 102 cm³/mol. The molecule has 1 aliphatic rings. The Morgan fingerprint density at radius 2 is 1.69 bits per heavy atom. The average molecular weight is 407 g/mol. The van der Waals surface area contributed by atoms with E-state index in [-0.39, 0.29) is 5.91 Å². The Hall–Kier alpha value is -2.96. The molecule has 1 heterocycles. The summed E-state index contributed by atoms with van der Waals surface area (Å²) in [7, 11) is 0. The molecule has 2 atom stereocenters. The molecular formula is C20H15BrN4O. The van der Waals surface area contributed by atoms with Crippen LogP contribution in [-0.2, 0) is 4.79 Å². The van der Waals surface area contributed by atoms with Gasteiger partial charge in [-0.15, -0.1) is 0 Å². The first-order valence-electron chi connectivity index (χ1n) is 8.05. The molecule has 1 amide bonds. The molecule has 6 heteroatoms. The number of hydrazone groups is 1. The molecule has 0 aliphatic carbocycles. The van der Waals surface area contributed by atoms with Crippen LogP contribution in [0.1, 0.15) is 18.4 Å². The third kappa shape index (κ3) is 3.24. The first-order valence-corrected chi connectivity index (χ1v) is 8.85. The first-order chi connectivity index (χ1) is 12.6. The smallest absolute Gasteiger partial charge is 0.256 e. The van der Waals surface area contributed by atoms with Gasteiger partial charge in [0.15, 0.2) is 0 Å². The Morgan fingerprint density at radius 3 is 2.27 bits per heavy atom. The molecule has 2 aromatic rings. The quantitative estimate of drug-likeness (QED) is 0.761. The normalized spacial score (nSPS) is 17.6. The van der Waals surface area contributed by atoms with E-state index in [9.17, 15) is 15.3 Å². The Kier molecular flexibility index (Phi) is 5.16. The summed E-state index contributed by atoms with van der Waals surface area (Å²) in [5.74, 6) is -2.41. The van der Waals surface area contributed by atoms with E-state index in [0.717, 1.165) is 10.0 Å². The summed E-state index contributed by atoms with van der Waals surface area (Å²) in [6.07, 6.45) is 0. The van der Waals surface area contributed by atoms with Crippen molar-refractivity contribution in [2.24, 2.45) is 16.9 Å². The van der Waals surface area contributed by atoms with Crippen molar-refractivity contribution in [3.8, 4) is 12.1 Å². The summed E-state index contributed by atoms with van der Waals surface area (Å²) in [6.45, 7) is 1.77. The fraction of sp³-hybridized carbons (Fsp3) is 0.200. The van der Waals surface area contributed by atoms with Gasteiger partial charge in [0.05, 0.1) is 23.7 Å². The van der Waals surface area contributed by atoms with E-state index in [1.165, 1.54) is 5.01 Å². The van der Waals surface area contributed by atoms with Gasteiger partial charge in [-0.1, -0.05) is 46.3 Å². The van der Waals surface area contributed by atoms with Crippen LogP contribution in [0.25, 0.3) is 0 Å². The highest BCUT2D eigenvalue weighted by molar-refractivity contribution is 9.10. The minimum absolute atomic E-state index is 0.225. The van der Waals surface area contributed by atoms with Gasteiger partial charge in [0.25, 0.3) is 5.91 Å². The fourth-order valence-corrected chi connectivity index (χ4v) is 3.46. The van der Waals surface area contributed by atoms with E-state index in [4.69, 9.17) is 0 Å². The minimum Gasteiger partial charge on any atom is -0.272 e. The van der Waals surface area contributed by atoms with Crippen molar-refractivity contribution in [1.29, 1.82) is 10.5 Å². The Bertz CT molecular complexity index is 911. The molecule has 0 N–H and O–H groups in total. The number of halogens is 1. The molecule has 128 valence electrons. The lowest BCUT2D eigenvalue weighted by Gasteiger charge is -2.24.